The van der Waals surface area contributed by atoms with E-state index >= 15 is 0 Å². The van der Waals surface area contributed by atoms with Crippen molar-refractivity contribution in [2.24, 2.45) is 0 Å². The monoisotopic (exact) mass is 644 g/mol. The average Bonchev–Trinajstić information content (AvgIpc) is 3.60. The smallest absolute Gasteiger partial charge is 0.143 e. The van der Waals surface area contributed by atoms with E-state index in [0.717, 1.165) is 32.9 Å². The summed E-state index contributed by atoms with van der Waals surface area (Å²) in [6, 6.07) is 62.5. The van der Waals surface area contributed by atoms with Crippen molar-refractivity contribution in [3.8, 4) is 22.3 Å². The van der Waals surface area contributed by atoms with Crippen LogP contribution in [0.4, 0.5) is 0 Å². The minimum atomic E-state index is 0.925. The summed E-state index contributed by atoms with van der Waals surface area (Å²) in [6.45, 7) is 0. The van der Waals surface area contributed by atoms with Crippen LogP contribution in [0.5, 0.6) is 0 Å². The van der Waals surface area contributed by atoms with Gasteiger partial charge in [-0.2, -0.15) is 0 Å². The van der Waals surface area contributed by atoms with Crippen molar-refractivity contribution in [2.45, 2.75) is 0 Å². The molecule has 0 amide bonds. The summed E-state index contributed by atoms with van der Waals surface area (Å²) in [7, 11) is 0. The second kappa shape index (κ2) is 9.94. The van der Waals surface area contributed by atoms with E-state index in [0.29, 0.717) is 0 Å². The van der Waals surface area contributed by atoms with E-state index in [9.17, 15) is 0 Å². The van der Waals surface area contributed by atoms with Gasteiger partial charge in [0, 0.05) is 21.7 Å². The SMILES string of the molecule is c1ccc2c(c1)ccc1c3ccccc3c(-c3ccc(-c4ccc5ccc6cccc7ccc4c5c67)c4c3oc3c5ccccc5ccc34)cc21. The van der Waals surface area contributed by atoms with Gasteiger partial charge in [0.2, 0.25) is 0 Å². The van der Waals surface area contributed by atoms with Crippen molar-refractivity contribution in [3.05, 3.63) is 170 Å². The molecule has 0 fully saturated rings. The third-order valence-corrected chi connectivity index (χ3v) is 11.4. The van der Waals surface area contributed by atoms with Crippen molar-refractivity contribution >= 4 is 97.3 Å². The van der Waals surface area contributed by atoms with E-state index in [-0.39, 0.29) is 0 Å². The highest BCUT2D eigenvalue weighted by atomic mass is 16.3. The zero-order valence-electron chi connectivity index (χ0n) is 27.6. The van der Waals surface area contributed by atoms with Crippen molar-refractivity contribution in [1.29, 1.82) is 0 Å². The first-order valence-electron chi connectivity index (χ1n) is 17.7. The van der Waals surface area contributed by atoms with Crippen molar-refractivity contribution in [2.75, 3.05) is 0 Å². The molecular formula is C50H28O. The lowest BCUT2D eigenvalue weighted by Gasteiger charge is -2.16. The molecule has 12 rings (SSSR count). The molecule has 0 N–H and O–H groups in total. The second-order valence-electron chi connectivity index (χ2n) is 14.0. The van der Waals surface area contributed by atoms with E-state index in [2.05, 4.69) is 170 Å². The van der Waals surface area contributed by atoms with Gasteiger partial charge in [-0.05, 0) is 105 Å². The average molecular weight is 645 g/mol. The van der Waals surface area contributed by atoms with Gasteiger partial charge in [0.15, 0.2) is 0 Å². The molecule has 0 atom stereocenters. The van der Waals surface area contributed by atoms with Gasteiger partial charge < -0.3 is 4.42 Å². The highest BCUT2D eigenvalue weighted by molar-refractivity contribution is 6.29. The number of fused-ring (bicyclic) bond motifs is 10. The third-order valence-electron chi connectivity index (χ3n) is 11.4. The van der Waals surface area contributed by atoms with Crippen LogP contribution in [-0.2, 0) is 0 Å². The van der Waals surface area contributed by atoms with Crippen molar-refractivity contribution in [1.82, 2.24) is 0 Å². The molecule has 0 spiro atoms. The Balaban J connectivity index is 1.25. The predicted molar refractivity (Wildman–Crippen MR) is 218 cm³/mol. The van der Waals surface area contributed by atoms with Crippen LogP contribution in [0.1, 0.15) is 0 Å². The van der Waals surface area contributed by atoms with Crippen LogP contribution < -0.4 is 0 Å². The summed E-state index contributed by atoms with van der Waals surface area (Å²) in [4.78, 5) is 0. The highest BCUT2D eigenvalue weighted by Crippen LogP contribution is 2.48. The molecule has 0 aliphatic rings. The van der Waals surface area contributed by atoms with Gasteiger partial charge in [0.05, 0.1) is 0 Å². The summed E-state index contributed by atoms with van der Waals surface area (Å²) >= 11 is 0. The quantitative estimate of drug-likeness (QED) is 0.171. The van der Waals surface area contributed by atoms with Gasteiger partial charge in [-0.1, -0.05) is 152 Å². The molecule has 1 heteroatoms. The first-order valence-corrected chi connectivity index (χ1v) is 17.7. The van der Waals surface area contributed by atoms with E-state index in [1.165, 1.54) is 86.7 Å². The Morgan fingerprint density at radius 3 is 1.59 bits per heavy atom. The van der Waals surface area contributed by atoms with Gasteiger partial charge in [-0.15, -0.1) is 0 Å². The highest BCUT2D eigenvalue weighted by Gasteiger charge is 2.22. The Hall–Kier alpha value is -6.70. The maximum atomic E-state index is 7.19. The molecule has 12 aromatic rings. The Kier molecular flexibility index (Phi) is 5.29. The maximum Gasteiger partial charge on any atom is 0.143 e. The molecule has 51 heavy (non-hydrogen) atoms. The first-order chi connectivity index (χ1) is 25.3. The normalized spacial score (nSPS) is 12.3. The Bertz CT molecular complexity index is 3400. The molecule has 0 saturated carbocycles. The Labute approximate surface area is 292 Å². The van der Waals surface area contributed by atoms with Gasteiger partial charge >= 0.3 is 0 Å². The van der Waals surface area contributed by atoms with Gasteiger partial charge in [-0.3, -0.25) is 0 Å². The molecule has 1 aromatic heterocycles. The molecule has 1 nitrogen and oxygen atoms in total. The van der Waals surface area contributed by atoms with E-state index in [1.807, 2.05) is 0 Å². The molecule has 0 aliphatic heterocycles. The minimum absolute atomic E-state index is 0.925. The molecule has 0 aliphatic carbocycles. The lowest BCUT2D eigenvalue weighted by molar-refractivity contribution is 0.674. The largest absolute Gasteiger partial charge is 0.455 e. The molecule has 0 unspecified atom stereocenters. The second-order valence-corrected chi connectivity index (χ2v) is 14.0. The van der Waals surface area contributed by atoms with Crippen LogP contribution in [0.15, 0.2) is 174 Å². The van der Waals surface area contributed by atoms with E-state index in [4.69, 9.17) is 4.42 Å². The van der Waals surface area contributed by atoms with Gasteiger partial charge in [-0.25, -0.2) is 0 Å². The summed E-state index contributed by atoms with van der Waals surface area (Å²) in [5.41, 5.74) is 6.57. The summed E-state index contributed by atoms with van der Waals surface area (Å²) in [5.74, 6) is 0. The summed E-state index contributed by atoms with van der Waals surface area (Å²) < 4.78 is 7.19. The zero-order valence-corrected chi connectivity index (χ0v) is 27.6. The van der Waals surface area contributed by atoms with Crippen LogP contribution >= 0.6 is 0 Å². The number of hydrogen-bond donors (Lipinski definition) is 0. The summed E-state index contributed by atoms with van der Waals surface area (Å²) in [5, 5.41) is 19.9. The Morgan fingerprint density at radius 2 is 0.765 bits per heavy atom. The van der Waals surface area contributed by atoms with Gasteiger partial charge in [0.25, 0.3) is 0 Å². The summed E-state index contributed by atoms with van der Waals surface area (Å²) in [6.07, 6.45) is 0. The molecule has 0 radical (unpaired) electrons. The number of benzene rings is 11. The maximum absolute atomic E-state index is 7.19. The lowest BCUT2D eigenvalue weighted by atomic mass is 9.86. The fourth-order valence-electron chi connectivity index (χ4n) is 9.10. The number of rotatable bonds is 2. The number of hydrogen-bond acceptors (Lipinski definition) is 1. The number of furan rings is 1. The standard InChI is InChI=1S/C50H28O/c1-3-12-34-29(8-1)18-22-38-36-14-5-6-15-37(36)45(28-44(34)38)42-27-26-41(48-43-25-19-30-9-2-4-13-35(30)49(43)51-50(42)48)39-23-20-33-17-16-31-10-7-11-32-21-24-40(39)47(33)46(31)32/h1-28H. The third kappa shape index (κ3) is 3.65. The zero-order chi connectivity index (χ0) is 33.2. The Morgan fingerprint density at radius 1 is 0.235 bits per heavy atom. The molecule has 11 aromatic carbocycles. The predicted octanol–water partition coefficient (Wildman–Crippen LogP) is 14.4. The fraction of sp³-hybridized carbons (Fsp3) is 0. The molecular weight excluding hydrogens is 617 g/mol. The van der Waals surface area contributed by atoms with Crippen LogP contribution in [0, 0.1) is 0 Å². The molecule has 0 saturated heterocycles. The van der Waals surface area contributed by atoms with Crippen LogP contribution in [0.25, 0.3) is 120 Å². The molecule has 0 bridgehead atoms. The van der Waals surface area contributed by atoms with Crippen LogP contribution in [-0.4, -0.2) is 0 Å². The van der Waals surface area contributed by atoms with Crippen LogP contribution in [0.2, 0.25) is 0 Å². The van der Waals surface area contributed by atoms with Crippen LogP contribution in [0.3, 0.4) is 0 Å². The first kappa shape index (κ1) is 27.2. The van der Waals surface area contributed by atoms with Gasteiger partial charge in [0.1, 0.15) is 11.2 Å². The fourth-order valence-corrected chi connectivity index (χ4v) is 9.10. The van der Waals surface area contributed by atoms with Crippen molar-refractivity contribution < 1.29 is 4.42 Å². The molecule has 234 valence electrons. The minimum Gasteiger partial charge on any atom is -0.455 e. The van der Waals surface area contributed by atoms with Crippen molar-refractivity contribution in [3.63, 3.8) is 0 Å². The van der Waals surface area contributed by atoms with E-state index in [1.54, 1.807) is 0 Å². The lowest BCUT2D eigenvalue weighted by Crippen LogP contribution is -1.90. The van der Waals surface area contributed by atoms with E-state index < -0.39 is 0 Å². The topological polar surface area (TPSA) is 13.1 Å². The molecule has 1 heterocycles.